The zero-order chi connectivity index (χ0) is 23.6. The van der Waals surface area contributed by atoms with Crippen LogP contribution >= 0.6 is 11.3 Å². The van der Waals surface area contributed by atoms with Gasteiger partial charge in [0.2, 0.25) is 5.91 Å². The fourth-order valence-corrected chi connectivity index (χ4v) is 6.53. The first-order chi connectivity index (χ1) is 16.3. The summed E-state index contributed by atoms with van der Waals surface area (Å²) < 4.78 is 5.51. The fourth-order valence-electron chi connectivity index (χ4n) is 5.56. The number of carbonyl (C=O) groups is 2. The van der Waals surface area contributed by atoms with E-state index < -0.39 is 0 Å². The van der Waals surface area contributed by atoms with Crippen molar-refractivity contribution >= 4 is 34.1 Å². The summed E-state index contributed by atoms with van der Waals surface area (Å²) in [6.45, 7) is 9.72. The number of fused-ring (bicyclic) bond motifs is 1. The SMILES string of the molecule is CC(=O)Nc1nc(C)c(-c2cc3c(c(N4CCC5(CC4)COC5)n2)C(=O)N(C(C)C2CC2)C3)s1. The first-order valence-electron chi connectivity index (χ1n) is 12.3. The molecule has 2 aromatic heterocycles. The normalized spacial score (nSPS) is 22.0. The van der Waals surface area contributed by atoms with Gasteiger partial charge in [0.05, 0.1) is 35.0 Å². The molecular formula is C25H31N5O3S. The molecule has 4 aliphatic rings. The van der Waals surface area contributed by atoms with E-state index in [-0.39, 0.29) is 17.9 Å². The van der Waals surface area contributed by atoms with Crippen molar-refractivity contribution in [2.24, 2.45) is 11.3 Å². The van der Waals surface area contributed by atoms with Gasteiger partial charge in [-0.3, -0.25) is 9.59 Å². The minimum absolute atomic E-state index is 0.121. The Morgan fingerprint density at radius 3 is 2.62 bits per heavy atom. The molecule has 1 saturated carbocycles. The molecule has 0 radical (unpaired) electrons. The lowest BCUT2D eigenvalue weighted by atomic mass is 9.77. The van der Waals surface area contributed by atoms with Gasteiger partial charge in [0.15, 0.2) is 5.13 Å². The Labute approximate surface area is 203 Å². The van der Waals surface area contributed by atoms with E-state index in [1.54, 1.807) is 0 Å². The number of aromatic nitrogens is 2. The average Bonchev–Trinajstić information content (AvgIpc) is 3.50. The highest BCUT2D eigenvalue weighted by molar-refractivity contribution is 7.19. The fraction of sp³-hybridized carbons (Fsp3) is 0.600. The minimum Gasteiger partial charge on any atom is -0.380 e. The minimum atomic E-state index is -0.138. The van der Waals surface area contributed by atoms with E-state index in [4.69, 9.17) is 9.72 Å². The number of piperidine rings is 1. The number of hydrogen-bond acceptors (Lipinski definition) is 7. The number of amides is 2. The van der Waals surface area contributed by atoms with Crippen LogP contribution in [0, 0.1) is 18.3 Å². The van der Waals surface area contributed by atoms with Crippen LogP contribution in [0.2, 0.25) is 0 Å². The van der Waals surface area contributed by atoms with Gasteiger partial charge in [0, 0.05) is 38.0 Å². The van der Waals surface area contributed by atoms with Crippen LogP contribution in [0.3, 0.4) is 0 Å². The van der Waals surface area contributed by atoms with Gasteiger partial charge >= 0.3 is 0 Å². The Balaban J connectivity index is 1.39. The monoisotopic (exact) mass is 481 g/mol. The molecule has 0 bridgehead atoms. The van der Waals surface area contributed by atoms with E-state index in [0.29, 0.717) is 23.0 Å². The Hall–Kier alpha value is -2.52. The molecule has 2 saturated heterocycles. The molecule has 1 unspecified atom stereocenters. The molecule has 2 amide bonds. The standard InChI is InChI=1S/C25H31N5O3S/c1-14-21(34-24(26-14)27-16(3)31)19-10-18-11-30(15(2)17-4-5-17)23(32)20(18)22(28-19)29-8-6-25(7-9-29)12-33-13-25/h10,15,17H,4-9,11-13H2,1-3H3,(H,26,27,31). The predicted molar refractivity (Wildman–Crippen MR) is 131 cm³/mol. The smallest absolute Gasteiger partial charge is 0.258 e. The maximum Gasteiger partial charge on any atom is 0.258 e. The van der Waals surface area contributed by atoms with Crippen molar-refractivity contribution in [3.05, 3.63) is 22.9 Å². The molecule has 180 valence electrons. The number of ether oxygens (including phenoxy) is 1. The van der Waals surface area contributed by atoms with Crippen molar-refractivity contribution in [1.29, 1.82) is 0 Å². The average molecular weight is 482 g/mol. The highest BCUT2D eigenvalue weighted by Gasteiger charge is 2.44. The molecule has 3 fully saturated rings. The highest BCUT2D eigenvalue weighted by atomic mass is 32.1. The molecule has 6 rings (SSSR count). The van der Waals surface area contributed by atoms with E-state index in [0.717, 1.165) is 72.4 Å². The van der Waals surface area contributed by atoms with Crippen molar-refractivity contribution in [3.63, 3.8) is 0 Å². The molecule has 34 heavy (non-hydrogen) atoms. The number of aryl methyl sites for hydroxylation is 1. The first kappa shape index (κ1) is 22.0. The number of thiazole rings is 1. The maximum atomic E-state index is 13.7. The highest BCUT2D eigenvalue weighted by Crippen LogP contribution is 2.44. The van der Waals surface area contributed by atoms with Gasteiger partial charge < -0.3 is 19.9 Å². The van der Waals surface area contributed by atoms with Crippen LogP contribution in [0.15, 0.2) is 6.07 Å². The molecule has 8 nitrogen and oxygen atoms in total. The first-order valence-corrected chi connectivity index (χ1v) is 13.1. The Bertz CT molecular complexity index is 1160. The number of pyridine rings is 1. The van der Waals surface area contributed by atoms with E-state index in [1.165, 1.54) is 31.1 Å². The second-order valence-corrected chi connectivity index (χ2v) is 11.5. The molecule has 1 atom stereocenters. The van der Waals surface area contributed by atoms with Crippen molar-refractivity contribution in [1.82, 2.24) is 14.9 Å². The van der Waals surface area contributed by atoms with Crippen LogP contribution in [0.1, 0.15) is 61.1 Å². The molecule has 1 aliphatic carbocycles. The van der Waals surface area contributed by atoms with Gasteiger partial charge in [-0.15, -0.1) is 0 Å². The lowest BCUT2D eigenvalue weighted by Crippen LogP contribution is -2.51. The lowest BCUT2D eigenvalue weighted by Gasteiger charge is -2.47. The third-order valence-corrected chi connectivity index (χ3v) is 9.04. The number of anilines is 2. The molecule has 5 heterocycles. The summed E-state index contributed by atoms with van der Waals surface area (Å²) in [5.74, 6) is 1.41. The third kappa shape index (κ3) is 3.69. The summed E-state index contributed by atoms with van der Waals surface area (Å²) in [4.78, 5) is 40.1. The zero-order valence-electron chi connectivity index (χ0n) is 20.0. The van der Waals surface area contributed by atoms with Crippen LogP contribution in [0.5, 0.6) is 0 Å². The summed E-state index contributed by atoms with van der Waals surface area (Å²) in [5, 5.41) is 3.37. The van der Waals surface area contributed by atoms with Gasteiger partial charge in [-0.2, -0.15) is 0 Å². The molecular weight excluding hydrogens is 450 g/mol. The van der Waals surface area contributed by atoms with Gasteiger partial charge in [-0.05, 0) is 57.1 Å². The lowest BCUT2D eigenvalue weighted by molar-refractivity contribution is -0.124. The van der Waals surface area contributed by atoms with E-state index in [2.05, 4.69) is 28.2 Å². The molecule has 9 heteroatoms. The Kier molecular flexibility index (Phi) is 5.18. The van der Waals surface area contributed by atoms with E-state index in [9.17, 15) is 9.59 Å². The van der Waals surface area contributed by atoms with Crippen molar-refractivity contribution in [2.75, 3.05) is 36.5 Å². The molecule has 3 aliphatic heterocycles. The van der Waals surface area contributed by atoms with Crippen molar-refractivity contribution in [3.8, 4) is 10.6 Å². The Morgan fingerprint density at radius 2 is 2.00 bits per heavy atom. The quantitative estimate of drug-likeness (QED) is 0.698. The maximum absolute atomic E-state index is 13.7. The number of nitrogens with zero attached hydrogens (tertiary/aromatic N) is 4. The molecule has 0 aromatic carbocycles. The number of hydrogen-bond donors (Lipinski definition) is 1. The third-order valence-electron chi connectivity index (χ3n) is 7.95. The summed E-state index contributed by atoms with van der Waals surface area (Å²) >= 11 is 1.44. The topological polar surface area (TPSA) is 87.7 Å². The van der Waals surface area contributed by atoms with Crippen molar-refractivity contribution in [2.45, 2.75) is 59.0 Å². The van der Waals surface area contributed by atoms with Crippen LogP contribution in [0.25, 0.3) is 10.6 Å². The Morgan fingerprint density at radius 1 is 1.26 bits per heavy atom. The molecule has 2 aromatic rings. The van der Waals surface area contributed by atoms with Gasteiger partial charge in [-0.25, -0.2) is 9.97 Å². The van der Waals surface area contributed by atoms with Gasteiger partial charge in [0.1, 0.15) is 5.82 Å². The molecule has 1 spiro atoms. The summed E-state index contributed by atoms with van der Waals surface area (Å²) in [5.41, 5.74) is 3.82. The van der Waals surface area contributed by atoms with E-state index >= 15 is 0 Å². The second-order valence-electron chi connectivity index (χ2n) is 10.5. The number of nitrogens with one attached hydrogen (secondary N) is 1. The number of rotatable bonds is 5. The zero-order valence-corrected chi connectivity index (χ0v) is 20.8. The van der Waals surface area contributed by atoms with Crippen LogP contribution in [-0.4, -0.2) is 59.0 Å². The van der Waals surface area contributed by atoms with Crippen LogP contribution in [-0.2, 0) is 16.1 Å². The predicted octanol–water partition coefficient (Wildman–Crippen LogP) is 3.84. The van der Waals surface area contributed by atoms with Gasteiger partial charge in [-0.1, -0.05) is 11.3 Å². The largest absolute Gasteiger partial charge is 0.380 e. The summed E-state index contributed by atoms with van der Waals surface area (Å²) in [6.07, 6.45) is 4.55. The van der Waals surface area contributed by atoms with E-state index in [1.807, 2.05) is 11.8 Å². The van der Waals surface area contributed by atoms with Gasteiger partial charge in [0.25, 0.3) is 5.91 Å². The van der Waals surface area contributed by atoms with Crippen LogP contribution in [0.4, 0.5) is 10.9 Å². The summed E-state index contributed by atoms with van der Waals surface area (Å²) in [6, 6.07) is 2.32. The van der Waals surface area contributed by atoms with Crippen molar-refractivity contribution < 1.29 is 14.3 Å². The van der Waals surface area contributed by atoms with Crippen LogP contribution < -0.4 is 10.2 Å². The molecule has 1 N–H and O–H groups in total. The summed E-state index contributed by atoms with van der Waals surface area (Å²) in [7, 11) is 0. The second kappa shape index (κ2) is 8.02. The number of carbonyl (C=O) groups excluding carboxylic acids is 2.